The van der Waals surface area contributed by atoms with E-state index in [0.29, 0.717) is 64.8 Å². The number of aliphatic hydroxyl groups excluding tert-OH is 1. The molecule has 48 heavy (non-hydrogen) atoms. The maximum atomic E-state index is 14.7. The van der Waals surface area contributed by atoms with Gasteiger partial charge in [0.2, 0.25) is 0 Å². The van der Waals surface area contributed by atoms with Gasteiger partial charge in [-0.25, -0.2) is 0 Å². The van der Waals surface area contributed by atoms with Crippen LogP contribution in [-0.2, 0) is 28.1 Å². The summed E-state index contributed by atoms with van der Waals surface area (Å²) < 4.78 is 14.9. The van der Waals surface area contributed by atoms with Crippen LogP contribution in [0.5, 0.6) is 11.5 Å². The van der Waals surface area contributed by atoms with Crippen molar-refractivity contribution in [2.24, 2.45) is 5.92 Å². The number of carbonyl (C=O) groups is 2. The Morgan fingerprint density at radius 1 is 1.04 bits per heavy atom. The maximum Gasteiger partial charge on any atom is 0.266 e. The molecule has 1 fully saturated rings. The second-order valence-electron chi connectivity index (χ2n) is 13.2. The van der Waals surface area contributed by atoms with Crippen LogP contribution in [0.25, 0.3) is 0 Å². The number of fused-ring (bicyclic) bond motifs is 4. The van der Waals surface area contributed by atoms with Crippen molar-refractivity contribution in [3.8, 4) is 11.5 Å². The minimum Gasteiger partial charge on any atom is -0.454 e. The highest BCUT2D eigenvalue weighted by Gasteiger charge is 2.66. The highest BCUT2D eigenvalue weighted by molar-refractivity contribution is 6.71. The number of anilines is 3. The van der Waals surface area contributed by atoms with E-state index in [9.17, 15) is 19.5 Å². The van der Waals surface area contributed by atoms with Gasteiger partial charge in [0.25, 0.3) is 11.8 Å². The van der Waals surface area contributed by atoms with Crippen LogP contribution in [0.1, 0.15) is 35.0 Å². The summed E-state index contributed by atoms with van der Waals surface area (Å²) >= 11 is 0. The third-order valence-corrected chi connectivity index (χ3v) is 12.3. The molecule has 0 saturated carbocycles. The van der Waals surface area contributed by atoms with Gasteiger partial charge in [0.15, 0.2) is 19.7 Å². The second kappa shape index (κ2) is 12.1. The number of aliphatic hydroxyl groups is 1. The third kappa shape index (κ3) is 5.07. The summed E-state index contributed by atoms with van der Waals surface area (Å²) in [5.41, 5.74) is 1.90. The van der Waals surface area contributed by atoms with Crippen molar-refractivity contribution in [1.82, 2.24) is 15.0 Å². The van der Waals surface area contributed by atoms with E-state index < -0.39 is 20.0 Å². The van der Waals surface area contributed by atoms with Gasteiger partial charge in [-0.3, -0.25) is 19.2 Å². The number of aromatic nitrogens is 3. The number of aryl methyl sites for hydroxylation is 1. The fourth-order valence-corrected chi connectivity index (χ4v) is 10.4. The minimum atomic E-state index is -2.91. The molecule has 3 aliphatic heterocycles. The van der Waals surface area contributed by atoms with Gasteiger partial charge in [0.05, 0.1) is 28.7 Å². The second-order valence-corrected chi connectivity index (χ2v) is 17.2. The Bertz CT molecular complexity index is 1910. The van der Waals surface area contributed by atoms with Crippen LogP contribution in [0.15, 0.2) is 85.6 Å². The van der Waals surface area contributed by atoms with E-state index in [1.54, 1.807) is 45.0 Å². The average Bonchev–Trinajstić information content (AvgIpc) is 3.68. The molecule has 3 aliphatic rings. The third-order valence-electron chi connectivity index (χ3n) is 9.78. The molecule has 248 valence electrons. The number of hydrogen-bond donors (Lipinski definition) is 2. The maximum absolute atomic E-state index is 14.7. The summed E-state index contributed by atoms with van der Waals surface area (Å²) in [4.78, 5) is 43.9. The van der Waals surface area contributed by atoms with Gasteiger partial charge >= 0.3 is 0 Å². The molecule has 2 N–H and O–H groups in total. The van der Waals surface area contributed by atoms with E-state index in [1.807, 2.05) is 68.5 Å². The zero-order chi connectivity index (χ0) is 33.8. The summed E-state index contributed by atoms with van der Waals surface area (Å²) in [6.07, 6.45) is 3.93. The molecule has 12 heteroatoms. The van der Waals surface area contributed by atoms with Crippen molar-refractivity contribution in [3.05, 3.63) is 102 Å². The van der Waals surface area contributed by atoms with E-state index in [2.05, 4.69) is 16.9 Å². The number of benzene rings is 3. The van der Waals surface area contributed by atoms with Crippen LogP contribution in [0.4, 0.5) is 17.1 Å². The molecular weight excluding hydrogens is 627 g/mol. The molecular formula is C36H39N5O6Si. The Morgan fingerprint density at radius 3 is 2.54 bits per heavy atom. The van der Waals surface area contributed by atoms with Gasteiger partial charge in [-0.1, -0.05) is 42.5 Å². The SMILES string of the molecule is C=CCN1C(=O)[C@@]2(O[C@@H](CCn3cc(CCO)nn3)[C@H]([Si](C)(C)O)[C@H]2C)c2cc(N3C(=O)c4ccccc4Oc4ccccc43)ccc21. The molecule has 3 aromatic carbocycles. The van der Waals surface area contributed by atoms with Crippen molar-refractivity contribution < 1.29 is 29.0 Å². The average molecular weight is 666 g/mol. The number of amides is 2. The van der Waals surface area contributed by atoms with Crippen LogP contribution in [0.2, 0.25) is 18.6 Å². The summed E-state index contributed by atoms with van der Waals surface area (Å²) in [6.45, 7) is 10.4. The highest BCUT2D eigenvalue weighted by atomic mass is 28.4. The molecule has 7 rings (SSSR count). The number of ether oxygens (including phenoxy) is 2. The van der Waals surface area contributed by atoms with Crippen molar-refractivity contribution in [1.29, 1.82) is 0 Å². The smallest absolute Gasteiger partial charge is 0.266 e. The fraction of sp³-hybridized carbons (Fsp3) is 0.333. The van der Waals surface area contributed by atoms with Gasteiger partial charge < -0.3 is 24.3 Å². The van der Waals surface area contributed by atoms with Gasteiger partial charge in [0.1, 0.15) is 5.75 Å². The van der Waals surface area contributed by atoms with Crippen molar-refractivity contribution >= 4 is 37.2 Å². The number of nitrogens with zero attached hydrogens (tertiary/aromatic N) is 5. The number of carbonyl (C=O) groups excluding carboxylic acids is 2. The van der Waals surface area contributed by atoms with Crippen molar-refractivity contribution in [2.45, 2.75) is 56.7 Å². The van der Waals surface area contributed by atoms with Crippen LogP contribution >= 0.6 is 0 Å². The molecule has 2 amide bonds. The standard InChI is InChI=1S/C36H39N5O6Si/c1-5-18-40-28-15-14-25(41-29-11-7-9-13-31(29)46-30-12-8-6-10-26(30)34(41)43)21-27(28)36(35(40)44)23(2)33(48(3,4)45)32(47-36)16-19-39-22-24(17-20-42)37-38-39/h5-15,21-23,32-33,42,45H,1,16-20H2,2-4H3/t23-,32+,33-,36+/m1/s1. The normalized spacial score (nSPS) is 23.1. The van der Waals surface area contributed by atoms with Crippen LogP contribution in [0, 0.1) is 5.92 Å². The molecule has 1 spiro atoms. The Kier molecular flexibility index (Phi) is 8.07. The molecule has 11 nitrogen and oxygen atoms in total. The van der Waals surface area contributed by atoms with Gasteiger partial charge in [-0.15, -0.1) is 11.7 Å². The first kappa shape index (κ1) is 31.9. The van der Waals surface area contributed by atoms with Gasteiger partial charge in [0, 0.05) is 55.0 Å². The van der Waals surface area contributed by atoms with Crippen molar-refractivity contribution in [3.63, 3.8) is 0 Å². The van der Waals surface area contributed by atoms with Gasteiger partial charge in [-0.05, 0) is 62.0 Å². The Hall–Kier alpha value is -4.62. The van der Waals surface area contributed by atoms with E-state index in [0.717, 1.165) is 0 Å². The number of para-hydroxylation sites is 3. The van der Waals surface area contributed by atoms with Crippen LogP contribution in [0.3, 0.4) is 0 Å². The molecule has 4 atom stereocenters. The summed E-state index contributed by atoms with van der Waals surface area (Å²) in [7, 11) is -2.91. The largest absolute Gasteiger partial charge is 0.454 e. The molecule has 0 bridgehead atoms. The van der Waals surface area contributed by atoms with Crippen LogP contribution < -0.4 is 14.5 Å². The quantitative estimate of drug-likeness (QED) is 0.182. The predicted molar refractivity (Wildman–Crippen MR) is 183 cm³/mol. The molecule has 0 radical (unpaired) electrons. The fourth-order valence-electron chi connectivity index (χ4n) is 7.79. The number of rotatable bonds is 9. The number of hydrogen-bond acceptors (Lipinski definition) is 8. The molecule has 0 aliphatic carbocycles. The Labute approximate surface area is 280 Å². The molecule has 4 aromatic rings. The van der Waals surface area contributed by atoms with E-state index in [-0.39, 0.29) is 36.4 Å². The Balaban J connectivity index is 1.33. The highest BCUT2D eigenvalue weighted by Crippen LogP contribution is 2.60. The minimum absolute atomic E-state index is 0.0182. The van der Waals surface area contributed by atoms with Crippen LogP contribution in [-0.4, -0.2) is 64.3 Å². The molecule has 0 unspecified atom stereocenters. The summed E-state index contributed by atoms with van der Waals surface area (Å²) in [5, 5.41) is 17.6. The molecule has 4 heterocycles. The predicted octanol–water partition coefficient (Wildman–Crippen LogP) is 5.32. The monoisotopic (exact) mass is 665 g/mol. The van der Waals surface area contributed by atoms with Crippen molar-refractivity contribution in [2.75, 3.05) is 23.0 Å². The lowest BCUT2D eigenvalue weighted by Crippen LogP contribution is -2.46. The summed E-state index contributed by atoms with van der Waals surface area (Å²) in [6, 6.07) is 20.1. The lowest BCUT2D eigenvalue weighted by Gasteiger charge is -2.32. The zero-order valence-electron chi connectivity index (χ0n) is 27.2. The molecule has 1 saturated heterocycles. The lowest BCUT2D eigenvalue weighted by molar-refractivity contribution is -0.145. The topological polar surface area (TPSA) is 130 Å². The first-order chi connectivity index (χ1) is 23.1. The summed E-state index contributed by atoms with van der Waals surface area (Å²) in [5.74, 6) is 0.138. The lowest BCUT2D eigenvalue weighted by atomic mass is 9.82. The van der Waals surface area contributed by atoms with E-state index in [1.165, 1.54) is 0 Å². The van der Waals surface area contributed by atoms with E-state index in [4.69, 9.17) is 9.47 Å². The Morgan fingerprint density at radius 2 is 1.79 bits per heavy atom. The first-order valence-corrected chi connectivity index (χ1v) is 19.3. The molecule has 1 aromatic heterocycles. The van der Waals surface area contributed by atoms with E-state index >= 15 is 0 Å². The zero-order valence-corrected chi connectivity index (χ0v) is 28.2. The first-order valence-electron chi connectivity index (χ1n) is 16.3. The van der Waals surface area contributed by atoms with Gasteiger partial charge in [-0.2, -0.15) is 0 Å².